The van der Waals surface area contributed by atoms with E-state index >= 15 is 0 Å². The molecule has 1 fully saturated rings. The van der Waals surface area contributed by atoms with E-state index in [9.17, 15) is 0 Å². The summed E-state index contributed by atoms with van der Waals surface area (Å²) in [6, 6.07) is 2.83. The number of hydrogen-bond donors (Lipinski definition) is 0. The number of likely N-dealkylation sites (N-methyl/N-ethyl adjacent to an activating group) is 1. The van der Waals surface area contributed by atoms with Crippen molar-refractivity contribution < 1.29 is 0 Å². The summed E-state index contributed by atoms with van der Waals surface area (Å²) in [5, 5.41) is 0. The molecule has 118 valence electrons. The summed E-state index contributed by atoms with van der Waals surface area (Å²) in [4.78, 5) is 14.4. The van der Waals surface area contributed by atoms with Crippen molar-refractivity contribution in [1.29, 1.82) is 0 Å². The van der Waals surface area contributed by atoms with Gasteiger partial charge in [0.1, 0.15) is 11.6 Å². The zero-order valence-electron chi connectivity index (χ0n) is 14.4. The molecule has 4 nitrogen and oxygen atoms in total. The van der Waals surface area contributed by atoms with Gasteiger partial charge in [0.05, 0.1) is 0 Å². The fourth-order valence-electron chi connectivity index (χ4n) is 2.76. The van der Waals surface area contributed by atoms with Gasteiger partial charge in [-0.15, -0.1) is 0 Å². The lowest BCUT2D eigenvalue weighted by atomic mass is 10.1. The van der Waals surface area contributed by atoms with E-state index in [2.05, 4.69) is 57.5 Å². The SMILES string of the molecule is CCN(C)C1CCN(c2cc(C(C)C)nc(C(C)C)n2)C1. The van der Waals surface area contributed by atoms with E-state index in [-0.39, 0.29) is 0 Å². The van der Waals surface area contributed by atoms with Crippen molar-refractivity contribution in [2.24, 2.45) is 0 Å². The highest BCUT2D eigenvalue weighted by Crippen LogP contribution is 2.25. The Morgan fingerprint density at radius 2 is 1.95 bits per heavy atom. The smallest absolute Gasteiger partial charge is 0.133 e. The van der Waals surface area contributed by atoms with Gasteiger partial charge in [-0.3, -0.25) is 0 Å². The molecule has 0 aromatic carbocycles. The van der Waals surface area contributed by atoms with E-state index in [4.69, 9.17) is 9.97 Å². The molecule has 0 bridgehead atoms. The van der Waals surface area contributed by atoms with Crippen molar-refractivity contribution >= 4 is 5.82 Å². The van der Waals surface area contributed by atoms with Crippen molar-refractivity contribution in [3.8, 4) is 0 Å². The van der Waals surface area contributed by atoms with E-state index in [1.54, 1.807) is 0 Å². The molecular formula is C17H30N4. The molecule has 2 heterocycles. The second kappa shape index (κ2) is 6.73. The Labute approximate surface area is 129 Å². The van der Waals surface area contributed by atoms with Gasteiger partial charge in [-0.1, -0.05) is 34.6 Å². The average molecular weight is 290 g/mol. The molecule has 1 atom stereocenters. The minimum atomic E-state index is 0.374. The number of nitrogens with zero attached hydrogens (tertiary/aromatic N) is 4. The minimum Gasteiger partial charge on any atom is -0.355 e. The lowest BCUT2D eigenvalue weighted by Gasteiger charge is -2.24. The summed E-state index contributed by atoms with van der Waals surface area (Å²) in [6.07, 6.45) is 1.22. The quantitative estimate of drug-likeness (QED) is 0.833. The van der Waals surface area contributed by atoms with Gasteiger partial charge in [0.2, 0.25) is 0 Å². The van der Waals surface area contributed by atoms with Gasteiger partial charge in [-0.2, -0.15) is 0 Å². The van der Waals surface area contributed by atoms with E-state index in [0.717, 1.165) is 37.0 Å². The van der Waals surface area contributed by atoms with Crippen LogP contribution in [0, 0.1) is 0 Å². The molecule has 0 aliphatic carbocycles. The highest BCUT2D eigenvalue weighted by molar-refractivity contribution is 5.42. The van der Waals surface area contributed by atoms with E-state index < -0.39 is 0 Å². The van der Waals surface area contributed by atoms with Crippen LogP contribution in [0.2, 0.25) is 0 Å². The van der Waals surface area contributed by atoms with Crippen LogP contribution in [-0.4, -0.2) is 47.6 Å². The van der Waals surface area contributed by atoms with Gasteiger partial charge in [0.15, 0.2) is 0 Å². The van der Waals surface area contributed by atoms with Gasteiger partial charge < -0.3 is 9.80 Å². The molecule has 4 heteroatoms. The second-order valence-electron chi connectivity index (χ2n) is 6.78. The molecule has 0 N–H and O–H groups in total. The molecule has 0 saturated carbocycles. The Bertz CT molecular complexity index is 444. The van der Waals surface area contributed by atoms with Crippen LogP contribution in [0.5, 0.6) is 0 Å². The topological polar surface area (TPSA) is 32.3 Å². The van der Waals surface area contributed by atoms with Crippen LogP contribution in [0.25, 0.3) is 0 Å². The van der Waals surface area contributed by atoms with Gasteiger partial charge in [0, 0.05) is 36.8 Å². The zero-order chi connectivity index (χ0) is 15.6. The van der Waals surface area contributed by atoms with Crippen molar-refractivity contribution in [1.82, 2.24) is 14.9 Å². The highest BCUT2D eigenvalue weighted by atomic mass is 15.3. The molecule has 0 radical (unpaired) electrons. The molecule has 1 unspecified atom stereocenters. The van der Waals surface area contributed by atoms with Gasteiger partial charge in [0.25, 0.3) is 0 Å². The van der Waals surface area contributed by atoms with Gasteiger partial charge >= 0.3 is 0 Å². The fourth-order valence-corrected chi connectivity index (χ4v) is 2.76. The van der Waals surface area contributed by atoms with Crippen molar-refractivity contribution in [3.63, 3.8) is 0 Å². The summed E-state index contributed by atoms with van der Waals surface area (Å²) in [5.74, 6) is 2.91. The predicted octanol–water partition coefficient (Wildman–Crippen LogP) is 3.25. The first-order valence-electron chi connectivity index (χ1n) is 8.26. The molecule has 2 rings (SSSR count). The molecule has 0 spiro atoms. The van der Waals surface area contributed by atoms with Crippen LogP contribution in [0.4, 0.5) is 5.82 Å². The summed E-state index contributed by atoms with van der Waals surface area (Å²) >= 11 is 0. The highest BCUT2D eigenvalue weighted by Gasteiger charge is 2.26. The summed E-state index contributed by atoms with van der Waals surface area (Å²) < 4.78 is 0. The Kier molecular flexibility index (Phi) is 5.20. The van der Waals surface area contributed by atoms with Crippen LogP contribution in [0.3, 0.4) is 0 Å². The van der Waals surface area contributed by atoms with Crippen LogP contribution in [-0.2, 0) is 0 Å². The Hall–Kier alpha value is -1.16. The van der Waals surface area contributed by atoms with E-state index in [1.807, 2.05) is 0 Å². The zero-order valence-corrected chi connectivity index (χ0v) is 14.4. The average Bonchev–Trinajstić information content (AvgIpc) is 2.95. The van der Waals surface area contributed by atoms with Crippen LogP contribution >= 0.6 is 0 Å². The third kappa shape index (κ3) is 3.73. The lowest BCUT2D eigenvalue weighted by molar-refractivity contribution is 0.272. The fraction of sp³-hybridized carbons (Fsp3) is 0.765. The van der Waals surface area contributed by atoms with Crippen molar-refractivity contribution in [2.45, 2.75) is 58.9 Å². The molecular weight excluding hydrogens is 260 g/mol. The number of aromatic nitrogens is 2. The maximum atomic E-state index is 4.81. The van der Waals surface area contributed by atoms with Crippen molar-refractivity contribution in [3.05, 3.63) is 17.6 Å². The lowest BCUT2D eigenvalue weighted by Crippen LogP contribution is -2.34. The van der Waals surface area contributed by atoms with Crippen LogP contribution < -0.4 is 4.90 Å². The second-order valence-corrected chi connectivity index (χ2v) is 6.78. The van der Waals surface area contributed by atoms with Crippen LogP contribution in [0.1, 0.15) is 64.4 Å². The first kappa shape index (κ1) is 16.2. The maximum absolute atomic E-state index is 4.81. The summed E-state index contributed by atoms with van der Waals surface area (Å²) in [5.41, 5.74) is 1.16. The third-order valence-corrected chi connectivity index (χ3v) is 4.47. The summed E-state index contributed by atoms with van der Waals surface area (Å²) in [6.45, 7) is 14.2. The predicted molar refractivity (Wildman–Crippen MR) is 89.1 cm³/mol. The normalized spacial score (nSPS) is 19.3. The molecule has 1 aromatic rings. The molecule has 1 saturated heterocycles. The standard InChI is InChI=1S/C17H30N4/c1-7-20(6)14-8-9-21(11-14)16-10-15(12(2)3)18-17(19-16)13(4)5/h10,12-14H,7-9,11H2,1-6H3. The largest absolute Gasteiger partial charge is 0.355 e. The van der Waals surface area contributed by atoms with E-state index in [0.29, 0.717) is 17.9 Å². The van der Waals surface area contributed by atoms with Gasteiger partial charge in [-0.05, 0) is 25.9 Å². The first-order chi connectivity index (χ1) is 9.92. The molecule has 1 aliphatic rings. The Morgan fingerprint density at radius 1 is 1.24 bits per heavy atom. The molecule has 21 heavy (non-hydrogen) atoms. The first-order valence-corrected chi connectivity index (χ1v) is 8.26. The maximum Gasteiger partial charge on any atom is 0.133 e. The monoisotopic (exact) mass is 290 g/mol. The third-order valence-electron chi connectivity index (χ3n) is 4.47. The van der Waals surface area contributed by atoms with Crippen LogP contribution in [0.15, 0.2) is 6.07 Å². The Balaban J connectivity index is 2.23. The Morgan fingerprint density at radius 3 is 2.52 bits per heavy atom. The van der Waals surface area contributed by atoms with Crippen molar-refractivity contribution in [2.75, 3.05) is 31.6 Å². The molecule has 1 aromatic heterocycles. The molecule has 0 amide bonds. The van der Waals surface area contributed by atoms with Gasteiger partial charge in [-0.25, -0.2) is 9.97 Å². The van der Waals surface area contributed by atoms with E-state index in [1.165, 1.54) is 6.42 Å². The minimum absolute atomic E-state index is 0.374. The number of hydrogen-bond acceptors (Lipinski definition) is 4. The molecule has 1 aliphatic heterocycles. The number of rotatable bonds is 5. The summed E-state index contributed by atoms with van der Waals surface area (Å²) in [7, 11) is 2.22. The number of anilines is 1.